The maximum atomic E-state index is 13.0. The lowest BCUT2D eigenvalue weighted by Crippen LogP contribution is -2.47. The zero-order valence-electron chi connectivity index (χ0n) is 21.0. The van der Waals surface area contributed by atoms with Gasteiger partial charge in [0, 0.05) is 43.4 Å². The Morgan fingerprint density at radius 1 is 0.947 bits per heavy atom. The summed E-state index contributed by atoms with van der Waals surface area (Å²) in [5, 5.41) is 4.37. The standard InChI is InChI=1S/C29H30ClN5O2S/c30-22-5-3-6-24(20-22)34-17-15-33(16-18-34)14-4-13-31-27(36)19-21-9-11-23(12-10-21)35-28(37)25-7-1-2-8-26(25)32-29(35)38/h1-3,5-12,20H,4,13-19H2,(H,31,36)(H,32,38). The van der Waals surface area contributed by atoms with Gasteiger partial charge in [-0.1, -0.05) is 41.9 Å². The molecule has 0 atom stereocenters. The molecule has 196 valence electrons. The van der Waals surface area contributed by atoms with Gasteiger partial charge in [0.2, 0.25) is 5.91 Å². The average Bonchev–Trinajstić information content (AvgIpc) is 2.92. The number of piperazine rings is 1. The van der Waals surface area contributed by atoms with E-state index in [4.69, 9.17) is 23.8 Å². The van der Waals surface area contributed by atoms with Crippen molar-refractivity contribution in [1.29, 1.82) is 0 Å². The lowest BCUT2D eigenvalue weighted by Gasteiger charge is -2.36. The molecule has 2 heterocycles. The molecule has 3 aromatic carbocycles. The second-order valence-electron chi connectivity index (χ2n) is 9.47. The quantitative estimate of drug-likeness (QED) is 0.250. The van der Waals surface area contributed by atoms with Gasteiger partial charge in [0.15, 0.2) is 4.77 Å². The molecule has 0 saturated carbocycles. The van der Waals surface area contributed by atoms with Crippen LogP contribution in [0.25, 0.3) is 16.6 Å². The maximum absolute atomic E-state index is 13.0. The van der Waals surface area contributed by atoms with Gasteiger partial charge in [-0.05, 0) is 73.2 Å². The second-order valence-corrected chi connectivity index (χ2v) is 10.3. The number of benzene rings is 3. The number of aromatic nitrogens is 2. The highest BCUT2D eigenvalue weighted by atomic mass is 35.5. The molecule has 1 aromatic heterocycles. The van der Waals surface area contributed by atoms with Gasteiger partial charge < -0.3 is 15.2 Å². The Morgan fingerprint density at radius 3 is 2.47 bits per heavy atom. The van der Waals surface area contributed by atoms with E-state index >= 15 is 0 Å². The number of amides is 1. The Bertz CT molecular complexity index is 1540. The third kappa shape index (κ3) is 6.15. The van der Waals surface area contributed by atoms with E-state index in [0.717, 1.165) is 49.7 Å². The first-order chi connectivity index (χ1) is 18.5. The van der Waals surface area contributed by atoms with Crippen molar-refractivity contribution in [3.63, 3.8) is 0 Å². The van der Waals surface area contributed by atoms with E-state index < -0.39 is 0 Å². The van der Waals surface area contributed by atoms with Crippen LogP contribution in [0.5, 0.6) is 0 Å². The van der Waals surface area contributed by atoms with Crippen molar-refractivity contribution in [2.75, 3.05) is 44.2 Å². The van der Waals surface area contributed by atoms with Crippen molar-refractivity contribution in [1.82, 2.24) is 19.8 Å². The third-order valence-electron chi connectivity index (χ3n) is 6.88. The van der Waals surface area contributed by atoms with Crippen molar-refractivity contribution >= 4 is 46.3 Å². The number of halogens is 1. The summed E-state index contributed by atoms with van der Waals surface area (Å²) in [5.74, 6) is -0.0105. The van der Waals surface area contributed by atoms with Crippen molar-refractivity contribution in [2.24, 2.45) is 0 Å². The van der Waals surface area contributed by atoms with Crippen LogP contribution in [0.15, 0.2) is 77.6 Å². The summed E-state index contributed by atoms with van der Waals surface area (Å²) < 4.78 is 1.82. The van der Waals surface area contributed by atoms with Crippen LogP contribution in [0.3, 0.4) is 0 Å². The first-order valence-corrected chi connectivity index (χ1v) is 13.6. The Kier molecular flexibility index (Phi) is 8.22. The molecule has 1 aliphatic rings. The Morgan fingerprint density at radius 2 is 1.71 bits per heavy atom. The molecule has 5 rings (SSSR count). The molecule has 1 amide bonds. The molecule has 4 aromatic rings. The van der Waals surface area contributed by atoms with Gasteiger partial charge in [-0.2, -0.15) is 0 Å². The molecule has 0 radical (unpaired) electrons. The van der Waals surface area contributed by atoms with E-state index in [1.54, 1.807) is 6.07 Å². The summed E-state index contributed by atoms with van der Waals surface area (Å²) >= 11 is 11.5. The number of anilines is 1. The Labute approximate surface area is 231 Å². The number of para-hydroxylation sites is 1. The van der Waals surface area contributed by atoms with Crippen LogP contribution in [0.2, 0.25) is 5.02 Å². The van der Waals surface area contributed by atoms with Crippen LogP contribution in [-0.4, -0.2) is 59.6 Å². The molecule has 2 N–H and O–H groups in total. The number of H-pyrrole nitrogens is 1. The molecule has 0 spiro atoms. The molecular formula is C29H30ClN5O2S. The number of fused-ring (bicyclic) bond motifs is 1. The fourth-order valence-electron chi connectivity index (χ4n) is 4.84. The molecule has 1 saturated heterocycles. The molecular weight excluding hydrogens is 518 g/mol. The first kappa shape index (κ1) is 26.2. The van der Waals surface area contributed by atoms with Gasteiger partial charge in [0.1, 0.15) is 0 Å². The first-order valence-electron chi connectivity index (χ1n) is 12.8. The van der Waals surface area contributed by atoms with Gasteiger partial charge in [-0.15, -0.1) is 0 Å². The predicted octanol–water partition coefficient (Wildman–Crippen LogP) is 4.57. The SMILES string of the molecule is O=C(Cc1ccc(-n2c(=S)[nH]c3ccccc3c2=O)cc1)NCCCN1CCN(c2cccc(Cl)c2)CC1. The summed E-state index contributed by atoms with van der Waals surface area (Å²) in [6.07, 6.45) is 1.20. The van der Waals surface area contributed by atoms with Crippen LogP contribution >= 0.6 is 23.8 Å². The van der Waals surface area contributed by atoms with E-state index in [1.165, 1.54) is 10.3 Å². The third-order valence-corrected chi connectivity index (χ3v) is 7.40. The highest BCUT2D eigenvalue weighted by molar-refractivity contribution is 7.71. The van der Waals surface area contributed by atoms with Crippen LogP contribution in [0, 0.1) is 4.77 Å². The number of nitrogens with one attached hydrogen (secondary N) is 2. The molecule has 0 unspecified atom stereocenters. The molecule has 1 fully saturated rings. The normalized spacial score (nSPS) is 14.1. The maximum Gasteiger partial charge on any atom is 0.266 e. The van der Waals surface area contributed by atoms with E-state index in [2.05, 4.69) is 26.2 Å². The second kappa shape index (κ2) is 11.9. The van der Waals surface area contributed by atoms with Crippen molar-refractivity contribution in [2.45, 2.75) is 12.8 Å². The van der Waals surface area contributed by atoms with E-state index in [0.29, 0.717) is 27.9 Å². The summed E-state index contributed by atoms with van der Waals surface area (Å²) in [5.41, 5.74) is 3.27. The number of aromatic amines is 1. The van der Waals surface area contributed by atoms with Gasteiger partial charge in [-0.25, -0.2) is 0 Å². The summed E-state index contributed by atoms with van der Waals surface area (Å²) in [6, 6.07) is 22.7. The van der Waals surface area contributed by atoms with Gasteiger partial charge in [0.25, 0.3) is 5.56 Å². The highest BCUT2D eigenvalue weighted by Gasteiger charge is 2.17. The largest absolute Gasteiger partial charge is 0.369 e. The molecule has 0 aliphatic carbocycles. The fourth-order valence-corrected chi connectivity index (χ4v) is 5.32. The summed E-state index contributed by atoms with van der Waals surface area (Å²) in [6.45, 7) is 5.54. The molecule has 1 aliphatic heterocycles. The van der Waals surface area contributed by atoms with Gasteiger partial charge >= 0.3 is 0 Å². The van der Waals surface area contributed by atoms with Crippen LogP contribution in [0.1, 0.15) is 12.0 Å². The number of rotatable bonds is 8. The summed E-state index contributed by atoms with van der Waals surface area (Å²) in [7, 11) is 0. The number of hydrogen-bond donors (Lipinski definition) is 2. The number of nitrogens with zero attached hydrogens (tertiary/aromatic N) is 3. The zero-order chi connectivity index (χ0) is 26.5. The van der Waals surface area contributed by atoms with Crippen molar-refractivity contribution in [3.05, 3.63) is 98.5 Å². The van der Waals surface area contributed by atoms with Crippen LogP contribution in [0.4, 0.5) is 5.69 Å². The minimum atomic E-state index is -0.166. The lowest BCUT2D eigenvalue weighted by molar-refractivity contribution is -0.120. The lowest BCUT2D eigenvalue weighted by atomic mass is 10.1. The Hall–Kier alpha value is -3.46. The number of carbonyl (C=O) groups excluding carboxylic acids is 1. The Balaban J connectivity index is 1.07. The minimum absolute atomic E-state index is 0.0105. The van der Waals surface area contributed by atoms with Gasteiger partial charge in [0.05, 0.1) is 23.0 Å². The van der Waals surface area contributed by atoms with E-state index in [-0.39, 0.29) is 17.9 Å². The van der Waals surface area contributed by atoms with Crippen molar-refractivity contribution < 1.29 is 4.79 Å². The molecule has 0 bridgehead atoms. The van der Waals surface area contributed by atoms with Crippen LogP contribution in [-0.2, 0) is 11.2 Å². The average molecular weight is 548 g/mol. The smallest absolute Gasteiger partial charge is 0.266 e. The molecule has 38 heavy (non-hydrogen) atoms. The fraction of sp³-hybridized carbons (Fsp3) is 0.276. The van der Waals surface area contributed by atoms with E-state index in [1.807, 2.05) is 60.7 Å². The monoisotopic (exact) mass is 547 g/mol. The number of hydrogen-bond acceptors (Lipinski definition) is 5. The summed E-state index contributed by atoms with van der Waals surface area (Å²) in [4.78, 5) is 33.4. The molecule has 9 heteroatoms. The van der Waals surface area contributed by atoms with Gasteiger partial charge in [-0.3, -0.25) is 19.1 Å². The van der Waals surface area contributed by atoms with Crippen molar-refractivity contribution in [3.8, 4) is 5.69 Å². The van der Waals surface area contributed by atoms with Crippen LogP contribution < -0.4 is 15.8 Å². The number of carbonyl (C=O) groups is 1. The predicted molar refractivity (Wildman–Crippen MR) is 156 cm³/mol. The zero-order valence-corrected chi connectivity index (χ0v) is 22.6. The van der Waals surface area contributed by atoms with E-state index in [9.17, 15) is 9.59 Å². The highest BCUT2D eigenvalue weighted by Crippen LogP contribution is 2.20. The molecule has 7 nitrogen and oxygen atoms in total. The topological polar surface area (TPSA) is 73.4 Å². The minimum Gasteiger partial charge on any atom is -0.369 e.